The predicted octanol–water partition coefficient (Wildman–Crippen LogP) is 1.30. The number of hydrogen-bond donors (Lipinski definition) is 1. The third kappa shape index (κ3) is 0.932. The van der Waals surface area contributed by atoms with Gasteiger partial charge in [0.25, 0.3) is 0 Å². The highest BCUT2D eigenvalue weighted by Gasteiger charge is 2.01. The molecule has 1 rings (SSSR count). The maximum Gasteiger partial charge on any atom is 0.0988 e. The molecule has 0 heterocycles. The van der Waals surface area contributed by atoms with Crippen molar-refractivity contribution in [3.8, 4) is 6.07 Å². The lowest BCUT2D eigenvalue weighted by Gasteiger charge is -1.84. The van der Waals surface area contributed by atoms with E-state index in [1.807, 2.05) is 18.2 Å². The molecular formula is C6H5NS. The van der Waals surface area contributed by atoms with Gasteiger partial charge in [-0.25, -0.2) is 0 Å². The SMILES string of the molecule is N#CC1=CC(S)C=C1. The van der Waals surface area contributed by atoms with E-state index in [9.17, 15) is 0 Å². The van der Waals surface area contributed by atoms with Crippen LogP contribution in [0.15, 0.2) is 23.8 Å². The zero-order valence-electron chi connectivity index (χ0n) is 4.20. The summed E-state index contributed by atoms with van der Waals surface area (Å²) in [5, 5.41) is 8.44. The van der Waals surface area contributed by atoms with Crippen LogP contribution >= 0.6 is 12.6 Å². The Morgan fingerprint density at radius 3 is 2.75 bits per heavy atom. The Morgan fingerprint density at radius 1 is 1.75 bits per heavy atom. The molecule has 1 aliphatic carbocycles. The molecule has 2 heteroatoms. The van der Waals surface area contributed by atoms with Crippen molar-refractivity contribution >= 4 is 12.6 Å². The topological polar surface area (TPSA) is 23.8 Å². The largest absolute Gasteiger partial charge is 0.192 e. The van der Waals surface area contributed by atoms with Gasteiger partial charge in [-0.15, -0.1) is 0 Å². The zero-order chi connectivity index (χ0) is 5.98. The van der Waals surface area contributed by atoms with Crippen molar-refractivity contribution in [3.05, 3.63) is 23.8 Å². The first-order valence-electron chi connectivity index (χ1n) is 2.31. The van der Waals surface area contributed by atoms with E-state index in [0.29, 0.717) is 5.57 Å². The van der Waals surface area contributed by atoms with Crippen molar-refractivity contribution < 1.29 is 0 Å². The van der Waals surface area contributed by atoms with Gasteiger partial charge < -0.3 is 0 Å². The maximum atomic E-state index is 8.28. The van der Waals surface area contributed by atoms with Crippen LogP contribution in [0.25, 0.3) is 0 Å². The minimum absolute atomic E-state index is 0.157. The van der Waals surface area contributed by atoms with Crippen LogP contribution in [0.3, 0.4) is 0 Å². The van der Waals surface area contributed by atoms with E-state index >= 15 is 0 Å². The Morgan fingerprint density at radius 2 is 2.50 bits per heavy atom. The van der Waals surface area contributed by atoms with E-state index in [1.54, 1.807) is 6.08 Å². The van der Waals surface area contributed by atoms with Crippen LogP contribution in [0.4, 0.5) is 0 Å². The molecule has 0 amide bonds. The summed E-state index contributed by atoms with van der Waals surface area (Å²) in [6.07, 6.45) is 5.46. The van der Waals surface area contributed by atoms with Crippen molar-refractivity contribution in [3.63, 3.8) is 0 Å². The molecule has 0 aromatic rings. The second-order valence-corrected chi connectivity index (χ2v) is 2.18. The Hall–Kier alpha value is -0.680. The highest BCUT2D eigenvalue weighted by Crippen LogP contribution is 2.12. The maximum absolute atomic E-state index is 8.28. The van der Waals surface area contributed by atoms with E-state index in [4.69, 9.17) is 5.26 Å². The van der Waals surface area contributed by atoms with E-state index in [0.717, 1.165) is 0 Å². The van der Waals surface area contributed by atoms with Gasteiger partial charge in [0.05, 0.1) is 6.07 Å². The third-order valence-corrected chi connectivity index (χ3v) is 1.27. The standard InChI is InChI=1S/C6H5NS/c7-4-5-1-2-6(8)3-5/h1-3,6,8H. The highest BCUT2D eigenvalue weighted by atomic mass is 32.1. The Balaban J connectivity index is 2.77. The van der Waals surface area contributed by atoms with Crippen LogP contribution < -0.4 is 0 Å². The fourth-order valence-corrected chi connectivity index (χ4v) is 0.819. The van der Waals surface area contributed by atoms with Gasteiger partial charge in [0.2, 0.25) is 0 Å². The molecule has 0 aliphatic heterocycles. The summed E-state index contributed by atoms with van der Waals surface area (Å²) < 4.78 is 0. The van der Waals surface area contributed by atoms with Crippen LogP contribution in [0.2, 0.25) is 0 Å². The molecule has 1 atom stereocenters. The van der Waals surface area contributed by atoms with Crippen LogP contribution in [-0.2, 0) is 0 Å². The lowest BCUT2D eigenvalue weighted by molar-refractivity contribution is 1.46. The van der Waals surface area contributed by atoms with Gasteiger partial charge in [-0.1, -0.05) is 12.2 Å². The molecular weight excluding hydrogens is 118 g/mol. The summed E-state index contributed by atoms with van der Waals surface area (Å²) in [4.78, 5) is 0. The lowest BCUT2D eigenvalue weighted by Crippen LogP contribution is -1.78. The number of allylic oxidation sites excluding steroid dienone is 2. The van der Waals surface area contributed by atoms with Gasteiger partial charge in [-0.05, 0) is 6.08 Å². The quantitative estimate of drug-likeness (QED) is 0.482. The summed E-state index contributed by atoms with van der Waals surface area (Å²) in [6.45, 7) is 0. The molecule has 0 aromatic heterocycles. The van der Waals surface area contributed by atoms with Crippen LogP contribution in [-0.4, -0.2) is 5.25 Å². The second-order valence-electron chi connectivity index (χ2n) is 1.58. The smallest absolute Gasteiger partial charge is 0.0988 e. The number of nitrogens with zero attached hydrogens (tertiary/aromatic N) is 1. The lowest BCUT2D eigenvalue weighted by atomic mass is 10.3. The molecule has 40 valence electrons. The third-order valence-electron chi connectivity index (χ3n) is 0.952. The van der Waals surface area contributed by atoms with Gasteiger partial charge in [0.15, 0.2) is 0 Å². The summed E-state index contributed by atoms with van der Waals surface area (Å²) >= 11 is 4.09. The number of rotatable bonds is 0. The molecule has 0 radical (unpaired) electrons. The molecule has 0 spiro atoms. The number of nitriles is 1. The minimum atomic E-state index is 0.157. The molecule has 0 fully saturated rings. The van der Waals surface area contributed by atoms with Gasteiger partial charge in [-0.2, -0.15) is 17.9 Å². The summed E-state index contributed by atoms with van der Waals surface area (Å²) in [7, 11) is 0. The molecule has 8 heavy (non-hydrogen) atoms. The monoisotopic (exact) mass is 123 g/mol. The second kappa shape index (κ2) is 2.06. The molecule has 0 N–H and O–H groups in total. The van der Waals surface area contributed by atoms with E-state index in [-0.39, 0.29) is 5.25 Å². The van der Waals surface area contributed by atoms with Gasteiger partial charge in [0.1, 0.15) is 0 Å². The van der Waals surface area contributed by atoms with Crippen molar-refractivity contribution in [1.29, 1.82) is 5.26 Å². The molecule has 0 bridgehead atoms. The van der Waals surface area contributed by atoms with Crippen molar-refractivity contribution in [1.82, 2.24) is 0 Å². The molecule has 0 saturated heterocycles. The first-order valence-corrected chi connectivity index (χ1v) is 2.83. The highest BCUT2D eigenvalue weighted by molar-refractivity contribution is 7.81. The average Bonchev–Trinajstić information content (AvgIpc) is 2.14. The Labute approximate surface area is 53.7 Å². The van der Waals surface area contributed by atoms with Crippen LogP contribution in [0.1, 0.15) is 0 Å². The summed E-state index contributed by atoms with van der Waals surface area (Å²) in [5.74, 6) is 0. The Kier molecular flexibility index (Phi) is 1.40. The van der Waals surface area contributed by atoms with E-state index in [2.05, 4.69) is 12.6 Å². The molecule has 1 nitrogen and oxygen atoms in total. The van der Waals surface area contributed by atoms with Crippen molar-refractivity contribution in [2.24, 2.45) is 0 Å². The Bertz CT molecular complexity index is 185. The van der Waals surface area contributed by atoms with Crippen molar-refractivity contribution in [2.45, 2.75) is 5.25 Å². The van der Waals surface area contributed by atoms with Crippen LogP contribution in [0.5, 0.6) is 0 Å². The fourth-order valence-electron chi connectivity index (χ4n) is 0.572. The summed E-state index contributed by atoms with van der Waals surface area (Å²) in [6, 6.07) is 2.02. The van der Waals surface area contributed by atoms with Crippen molar-refractivity contribution in [2.75, 3.05) is 0 Å². The molecule has 0 saturated carbocycles. The normalized spacial score (nSPS) is 25.0. The van der Waals surface area contributed by atoms with E-state index in [1.165, 1.54) is 0 Å². The summed E-state index contributed by atoms with van der Waals surface area (Å²) in [5.41, 5.74) is 0.713. The van der Waals surface area contributed by atoms with Gasteiger partial charge in [-0.3, -0.25) is 0 Å². The fraction of sp³-hybridized carbons (Fsp3) is 0.167. The molecule has 0 aromatic carbocycles. The van der Waals surface area contributed by atoms with Crippen LogP contribution in [0, 0.1) is 11.3 Å². The first kappa shape index (κ1) is 5.46. The molecule has 1 unspecified atom stereocenters. The minimum Gasteiger partial charge on any atom is -0.192 e. The van der Waals surface area contributed by atoms with E-state index < -0.39 is 0 Å². The first-order chi connectivity index (χ1) is 3.83. The molecule has 1 aliphatic rings. The van der Waals surface area contributed by atoms with Gasteiger partial charge >= 0.3 is 0 Å². The van der Waals surface area contributed by atoms with Gasteiger partial charge in [0, 0.05) is 10.8 Å². The number of thiol groups is 1. The predicted molar refractivity (Wildman–Crippen MR) is 35.6 cm³/mol. The number of hydrogen-bond acceptors (Lipinski definition) is 2. The zero-order valence-corrected chi connectivity index (χ0v) is 5.10. The average molecular weight is 123 g/mol.